The number of carbonyl (C=O) groups is 1. The Balaban J connectivity index is 0.00000117. The van der Waals surface area contributed by atoms with E-state index in [0.717, 1.165) is 30.6 Å². The summed E-state index contributed by atoms with van der Waals surface area (Å²) in [6.45, 7) is 1.72. The first-order valence-corrected chi connectivity index (χ1v) is 10.0. The Labute approximate surface area is 172 Å². The molecule has 29 heavy (non-hydrogen) atoms. The molecule has 0 fully saturated rings. The van der Waals surface area contributed by atoms with Crippen molar-refractivity contribution in [3.8, 4) is 11.1 Å². The highest BCUT2D eigenvalue weighted by Crippen LogP contribution is 2.26. The van der Waals surface area contributed by atoms with Gasteiger partial charge in [-0.1, -0.05) is 42.5 Å². The molecule has 6 nitrogen and oxygen atoms in total. The van der Waals surface area contributed by atoms with Crippen LogP contribution in [0.25, 0.3) is 22.0 Å². The van der Waals surface area contributed by atoms with Gasteiger partial charge in [0, 0.05) is 23.6 Å². The second-order valence-electron chi connectivity index (χ2n) is 6.49. The number of carboxylic acids is 1. The van der Waals surface area contributed by atoms with E-state index in [0.29, 0.717) is 4.88 Å². The first-order chi connectivity index (χ1) is 14.2. The summed E-state index contributed by atoms with van der Waals surface area (Å²) in [7, 11) is 0. The highest BCUT2D eigenvalue weighted by molar-refractivity contribution is 7.12. The average Bonchev–Trinajstić information content (AvgIpc) is 3.41. The molecule has 4 rings (SSSR count). The topological polar surface area (TPSA) is 111 Å². The van der Waals surface area contributed by atoms with E-state index in [1.54, 1.807) is 6.07 Å². The molecule has 0 bridgehead atoms. The van der Waals surface area contributed by atoms with Crippen molar-refractivity contribution >= 4 is 28.2 Å². The number of rotatable bonds is 7. The molecule has 0 amide bonds. The summed E-state index contributed by atoms with van der Waals surface area (Å²) in [4.78, 5) is 14.7. The van der Waals surface area contributed by atoms with E-state index in [2.05, 4.69) is 52.7 Å². The molecule has 0 aliphatic heterocycles. The summed E-state index contributed by atoms with van der Waals surface area (Å²) in [6, 6.07) is 18.4. The van der Waals surface area contributed by atoms with Gasteiger partial charge in [-0.05, 0) is 52.7 Å². The standard InChI is InChI=1S/C22H20N2O2S.H3NO/c25-22(26)21-11-18(14-27-21)16-7-5-15(6-8-16)12-23-10-9-17-13-24-20-4-2-1-3-19(17)20;1-2/h1-8,11,13-14,23-24H,9-10,12H2,(H,25,26);2H,1H2. The maximum Gasteiger partial charge on any atom is 0.345 e. The number of H-pyrrole nitrogens is 1. The number of hydrogen-bond donors (Lipinski definition) is 5. The molecule has 0 atom stereocenters. The maximum absolute atomic E-state index is 11.0. The number of nitrogens with two attached hydrogens (primary N) is 1. The molecule has 0 radical (unpaired) electrons. The van der Waals surface area contributed by atoms with E-state index in [-0.39, 0.29) is 0 Å². The SMILES string of the molecule is NO.O=C(O)c1cc(-c2ccc(CNCCc3c[nH]c4ccccc34)cc2)cs1. The molecule has 2 aromatic heterocycles. The lowest BCUT2D eigenvalue weighted by molar-refractivity contribution is 0.0702. The Morgan fingerprint density at radius 3 is 2.55 bits per heavy atom. The highest BCUT2D eigenvalue weighted by Gasteiger charge is 2.08. The lowest BCUT2D eigenvalue weighted by Gasteiger charge is -2.06. The van der Waals surface area contributed by atoms with Crippen molar-refractivity contribution in [2.24, 2.45) is 5.90 Å². The molecule has 7 heteroatoms. The van der Waals surface area contributed by atoms with Crippen LogP contribution in [0, 0.1) is 0 Å². The van der Waals surface area contributed by atoms with Gasteiger partial charge >= 0.3 is 5.97 Å². The number of fused-ring (bicyclic) bond motifs is 1. The summed E-state index contributed by atoms with van der Waals surface area (Å²) in [5.41, 5.74) is 5.73. The van der Waals surface area contributed by atoms with Crippen LogP contribution in [0.5, 0.6) is 0 Å². The van der Waals surface area contributed by atoms with Gasteiger partial charge in [0.1, 0.15) is 4.88 Å². The van der Waals surface area contributed by atoms with Gasteiger partial charge in [0.15, 0.2) is 0 Å². The predicted molar refractivity (Wildman–Crippen MR) is 116 cm³/mol. The van der Waals surface area contributed by atoms with Gasteiger partial charge in [-0.2, -0.15) is 0 Å². The minimum atomic E-state index is -0.873. The first-order valence-electron chi connectivity index (χ1n) is 9.13. The fraction of sp³-hybridized carbons (Fsp3) is 0.136. The maximum atomic E-state index is 11.0. The number of benzene rings is 2. The monoisotopic (exact) mass is 409 g/mol. The molecular weight excluding hydrogens is 386 g/mol. The number of para-hydroxylation sites is 1. The van der Waals surface area contributed by atoms with Crippen LogP contribution < -0.4 is 11.2 Å². The van der Waals surface area contributed by atoms with Crippen molar-refractivity contribution < 1.29 is 15.1 Å². The lowest BCUT2D eigenvalue weighted by atomic mass is 10.1. The summed E-state index contributed by atoms with van der Waals surface area (Å²) in [5, 5.41) is 22.2. The zero-order valence-corrected chi connectivity index (χ0v) is 16.6. The fourth-order valence-electron chi connectivity index (χ4n) is 3.21. The Morgan fingerprint density at radius 2 is 1.83 bits per heavy atom. The van der Waals surface area contributed by atoms with Gasteiger partial charge in [-0.15, -0.1) is 11.3 Å². The van der Waals surface area contributed by atoms with Crippen molar-refractivity contribution in [2.45, 2.75) is 13.0 Å². The second-order valence-corrected chi connectivity index (χ2v) is 7.40. The van der Waals surface area contributed by atoms with Gasteiger partial charge in [-0.25, -0.2) is 10.7 Å². The van der Waals surface area contributed by atoms with Crippen LogP contribution in [-0.4, -0.2) is 27.8 Å². The van der Waals surface area contributed by atoms with E-state index in [1.807, 2.05) is 23.6 Å². The molecule has 0 saturated carbocycles. The summed E-state index contributed by atoms with van der Waals surface area (Å²) in [6.07, 6.45) is 3.07. The molecular formula is C22H23N3O3S. The molecule has 0 spiro atoms. The number of nitrogens with one attached hydrogen (secondary N) is 2. The number of carboxylic acid groups (broad SMARTS) is 1. The zero-order valence-electron chi connectivity index (χ0n) is 15.8. The molecule has 6 N–H and O–H groups in total. The molecule has 4 aromatic rings. The molecule has 0 unspecified atom stereocenters. The molecule has 0 aliphatic rings. The Bertz CT molecular complexity index is 1070. The molecule has 2 heterocycles. The lowest BCUT2D eigenvalue weighted by Crippen LogP contribution is -2.16. The van der Waals surface area contributed by atoms with Crippen LogP contribution in [0.15, 0.2) is 66.2 Å². The minimum absolute atomic E-state index is 0.369. The van der Waals surface area contributed by atoms with Crippen molar-refractivity contribution in [3.05, 3.63) is 82.2 Å². The van der Waals surface area contributed by atoms with E-state index in [1.165, 1.54) is 33.4 Å². The third kappa shape index (κ3) is 5.10. The Kier molecular flexibility index (Phi) is 7.15. The Hall–Kier alpha value is -2.97. The zero-order chi connectivity index (χ0) is 20.6. The van der Waals surface area contributed by atoms with E-state index in [9.17, 15) is 4.79 Å². The van der Waals surface area contributed by atoms with Gasteiger partial charge < -0.3 is 20.6 Å². The van der Waals surface area contributed by atoms with Gasteiger partial charge in [0.05, 0.1) is 0 Å². The number of aromatic amines is 1. The van der Waals surface area contributed by atoms with Crippen LogP contribution in [0.2, 0.25) is 0 Å². The van der Waals surface area contributed by atoms with Crippen molar-refractivity contribution in [2.75, 3.05) is 6.54 Å². The van der Waals surface area contributed by atoms with Gasteiger partial charge in [-0.3, -0.25) is 0 Å². The number of aromatic carboxylic acids is 1. The van der Waals surface area contributed by atoms with Gasteiger partial charge in [0.25, 0.3) is 0 Å². The van der Waals surface area contributed by atoms with Crippen molar-refractivity contribution in [3.63, 3.8) is 0 Å². The van der Waals surface area contributed by atoms with Gasteiger partial charge in [0.2, 0.25) is 0 Å². The molecule has 0 aliphatic carbocycles. The first kappa shape index (κ1) is 20.8. The largest absolute Gasteiger partial charge is 0.477 e. The third-order valence-corrected chi connectivity index (χ3v) is 5.59. The summed E-state index contributed by atoms with van der Waals surface area (Å²) in [5.74, 6) is 2.63. The smallest absolute Gasteiger partial charge is 0.345 e. The van der Waals surface area contributed by atoms with Crippen molar-refractivity contribution in [1.29, 1.82) is 0 Å². The molecule has 2 aromatic carbocycles. The number of hydrogen-bond acceptors (Lipinski definition) is 5. The van der Waals surface area contributed by atoms with E-state index >= 15 is 0 Å². The van der Waals surface area contributed by atoms with Crippen LogP contribution in [0.1, 0.15) is 20.8 Å². The normalized spacial score (nSPS) is 10.6. The highest BCUT2D eigenvalue weighted by atomic mass is 32.1. The summed E-state index contributed by atoms with van der Waals surface area (Å²) >= 11 is 1.26. The predicted octanol–water partition coefficient (Wildman–Crippen LogP) is 4.26. The number of aromatic nitrogens is 1. The van der Waals surface area contributed by atoms with Crippen LogP contribution >= 0.6 is 11.3 Å². The average molecular weight is 410 g/mol. The second kappa shape index (κ2) is 9.99. The fourth-order valence-corrected chi connectivity index (χ4v) is 3.96. The Morgan fingerprint density at radius 1 is 1.07 bits per heavy atom. The van der Waals surface area contributed by atoms with Crippen molar-refractivity contribution in [1.82, 2.24) is 10.3 Å². The minimum Gasteiger partial charge on any atom is -0.477 e. The number of thiophene rings is 1. The third-order valence-electron chi connectivity index (χ3n) is 4.67. The molecule has 0 saturated heterocycles. The van der Waals surface area contributed by atoms with E-state index in [4.69, 9.17) is 10.3 Å². The summed E-state index contributed by atoms with van der Waals surface area (Å²) < 4.78 is 0. The quantitative estimate of drug-likeness (QED) is 0.231. The van der Waals surface area contributed by atoms with E-state index < -0.39 is 5.97 Å². The van der Waals surface area contributed by atoms with Crippen LogP contribution in [0.3, 0.4) is 0 Å². The van der Waals surface area contributed by atoms with Crippen LogP contribution in [-0.2, 0) is 13.0 Å². The van der Waals surface area contributed by atoms with Crippen LogP contribution in [0.4, 0.5) is 0 Å². The molecule has 150 valence electrons.